The molecule has 1 saturated heterocycles. The van der Waals surface area contributed by atoms with Gasteiger partial charge in [0.1, 0.15) is 0 Å². The first-order chi connectivity index (χ1) is 8.38. The van der Waals surface area contributed by atoms with E-state index in [0.29, 0.717) is 12.6 Å². The fourth-order valence-corrected chi connectivity index (χ4v) is 1.90. The summed E-state index contributed by atoms with van der Waals surface area (Å²) in [4.78, 5) is 10.8. The van der Waals surface area contributed by atoms with E-state index in [2.05, 4.69) is 20.2 Å². The molecule has 0 saturated carbocycles. The van der Waals surface area contributed by atoms with Gasteiger partial charge in [-0.1, -0.05) is 0 Å². The van der Waals surface area contributed by atoms with Gasteiger partial charge in [0.15, 0.2) is 0 Å². The van der Waals surface area contributed by atoms with E-state index in [1.54, 1.807) is 0 Å². The summed E-state index contributed by atoms with van der Waals surface area (Å²) in [6, 6.07) is 0.471. The van der Waals surface area contributed by atoms with Crippen molar-refractivity contribution in [1.29, 1.82) is 0 Å². The van der Waals surface area contributed by atoms with E-state index in [-0.39, 0.29) is 0 Å². The molecule has 0 amide bonds. The smallest absolute Gasteiger partial charge is 0.316 e. The molecule has 2 heterocycles. The van der Waals surface area contributed by atoms with Crippen LogP contribution in [0.1, 0.15) is 12.5 Å². The van der Waals surface area contributed by atoms with Crippen molar-refractivity contribution in [2.75, 3.05) is 39.3 Å². The van der Waals surface area contributed by atoms with Gasteiger partial charge in [0.05, 0.1) is 6.61 Å². The quantitative estimate of drug-likeness (QED) is 0.798. The molecule has 17 heavy (non-hydrogen) atoms. The van der Waals surface area contributed by atoms with Crippen LogP contribution in [0.3, 0.4) is 0 Å². The van der Waals surface area contributed by atoms with Crippen molar-refractivity contribution in [3.8, 4) is 6.01 Å². The lowest BCUT2D eigenvalue weighted by molar-refractivity contribution is 0.243. The normalized spacial score (nSPS) is 17.0. The zero-order valence-electron chi connectivity index (χ0n) is 10.4. The Morgan fingerprint density at radius 2 is 2.00 bits per heavy atom. The lowest BCUT2D eigenvalue weighted by Gasteiger charge is -2.26. The molecule has 0 aromatic carbocycles. The highest BCUT2D eigenvalue weighted by Gasteiger charge is 2.09. The highest BCUT2D eigenvalue weighted by Crippen LogP contribution is 2.04. The number of hydrogen-bond donors (Lipinski definition) is 1. The summed E-state index contributed by atoms with van der Waals surface area (Å²) in [6.45, 7) is 8.09. The van der Waals surface area contributed by atoms with E-state index < -0.39 is 0 Å². The maximum Gasteiger partial charge on any atom is 0.316 e. The summed E-state index contributed by atoms with van der Waals surface area (Å²) in [5.41, 5.74) is 1.17. The van der Waals surface area contributed by atoms with E-state index >= 15 is 0 Å². The third-order valence-corrected chi connectivity index (χ3v) is 2.88. The predicted octanol–water partition coefficient (Wildman–Crippen LogP) is 0.323. The number of nitrogens with one attached hydrogen (secondary N) is 1. The first-order valence-corrected chi connectivity index (χ1v) is 6.25. The molecule has 0 bridgehead atoms. The SMILES string of the molecule is CCOc1ncc(CCN2CCNCC2)cn1. The summed E-state index contributed by atoms with van der Waals surface area (Å²) in [7, 11) is 0. The van der Waals surface area contributed by atoms with Gasteiger partial charge in [-0.2, -0.15) is 0 Å². The topological polar surface area (TPSA) is 50.3 Å². The van der Waals surface area contributed by atoms with Gasteiger partial charge in [-0.3, -0.25) is 0 Å². The van der Waals surface area contributed by atoms with Crippen LogP contribution in [0.2, 0.25) is 0 Å². The number of nitrogens with zero attached hydrogens (tertiary/aromatic N) is 3. The molecule has 1 N–H and O–H groups in total. The average molecular weight is 236 g/mol. The molecule has 1 aromatic rings. The average Bonchev–Trinajstić information content (AvgIpc) is 2.40. The third-order valence-electron chi connectivity index (χ3n) is 2.88. The number of rotatable bonds is 5. The molecule has 2 rings (SSSR count). The standard InChI is InChI=1S/C12H20N4O/c1-2-17-12-14-9-11(10-15-12)3-6-16-7-4-13-5-8-16/h9-10,13H,2-8H2,1H3. The molecule has 5 heteroatoms. The van der Waals surface area contributed by atoms with Crippen molar-refractivity contribution < 1.29 is 4.74 Å². The Balaban J connectivity index is 1.77. The Kier molecular flexibility index (Phi) is 4.70. The largest absolute Gasteiger partial charge is 0.464 e. The molecule has 0 spiro atoms. The van der Waals surface area contributed by atoms with Crippen LogP contribution in [0.25, 0.3) is 0 Å². The van der Waals surface area contributed by atoms with Gasteiger partial charge in [0.2, 0.25) is 0 Å². The fourth-order valence-electron chi connectivity index (χ4n) is 1.90. The first kappa shape index (κ1) is 12.3. The number of ether oxygens (including phenoxy) is 1. The minimum Gasteiger partial charge on any atom is -0.464 e. The van der Waals surface area contributed by atoms with Crippen molar-refractivity contribution in [2.24, 2.45) is 0 Å². The molecule has 1 fully saturated rings. The number of piperazine rings is 1. The lowest BCUT2D eigenvalue weighted by Crippen LogP contribution is -2.44. The van der Waals surface area contributed by atoms with E-state index in [4.69, 9.17) is 4.74 Å². The second kappa shape index (κ2) is 6.51. The van der Waals surface area contributed by atoms with Crippen molar-refractivity contribution in [3.05, 3.63) is 18.0 Å². The van der Waals surface area contributed by atoms with Gasteiger partial charge >= 0.3 is 6.01 Å². The second-order valence-corrected chi connectivity index (χ2v) is 4.15. The van der Waals surface area contributed by atoms with Crippen LogP contribution in [0.15, 0.2) is 12.4 Å². The molecule has 0 radical (unpaired) electrons. The Morgan fingerprint density at radius 1 is 1.29 bits per heavy atom. The van der Waals surface area contributed by atoms with Gasteiger partial charge in [-0.15, -0.1) is 0 Å². The van der Waals surface area contributed by atoms with Crippen LogP contribution in [0.4, 0.5) is 0 Å². The minimum absolute atomic E-state index is 0.471. The molecular formula is C12H20N4O. The molecule has 1 aromatic heterocycles. The molecule has 5 nitrogen and oxygen atoms in total. The lowest BCUT2D eigenvalue weighted by atomic mass is 10.2. The Bertz CT molecular complexity index is 322. The monoisotopic (exact) mass is 236 g/mol. The highest BCUT2D eigenvalue weighted by atomic mass is 16.5. The molecule has 1 aliphatic heterocycles. The first-order valence-electron chi connectivity index (χ1n) is 6.25. The molecule has 0 unspecified atom stereocenters. The van der Waals surface area contributed by atoms with Crippen LogP contribution in [-0.4, -0.2) is 54.2 Å². The highest BCUT2D eigenvalue weighted by molar-refractivity contribution is 5.08. The van der Waals surface area contributed by atoms with E-state index in [1.165, 1.54) is 5.56 Å². The van der Waals surface area contributed by atoms with E-state index in [9.17, 15) is 0 Å². The summed E-state index contributed by atoms with van der Waals surface area (Å²) in [5, 5.41) is 3.35. The maximum absolute atomic E-state index is 5.21. The Morgan fingerprint density at radius 3 is 2.65 bits per heavy atom. The summed E-state index contributed by atoms with van der Waals surface area (Å²) < 4.78 is 5.21. The third kappa shape index (κ3) is 3.94. The fraction of sp³-hybridized carbons (Fsp3) is 0.667. The van der Waals surface area contributed by atoms with Crippen molar-refractivity contribution in [3.63, 3.8) is 0 Å². The molecule has 94 valence electrons. The summed E-state index contributed by atoms with van der Waals surface area (Å²) >= 11 is 0. The molecule has 1 aliphatic rings. The van der Waals surface area contributed by atoms with Gasteiger partial charge < -0.3 is 15.0 Å². The molecular weight excluding hydrogens is 216 g/mol. The minimum atomic E-state index is 0.471. The molecule has 0 atom stereocenters. The van der Waals surface area contributed by atoms with Crippen LogP contribution in [0, 0.1) is 0 Å². The predicted molar refractivity (Wildman–Crippen MR) is 66.2 cm³/mol. The van der Waals surface area contributed by atoms with Crippen LogP contribution in [-0.2, 0) is 6.42 Å². The van der Waals surface area contributed by atoms with Gasteiger partial charge in [-0.25, -0.2) is 9.97 Å². The van der Waals surface area contributed by atoms with Crippen LogP contribution in [0.5, 0.6) is 6.01 Å². The zero-order chi connectivity index (χ0) is 11.9. The van der Waals surface area contributed by atoms with Gasteiger partial charge in [0.25, 0.3) is 0 Å². The zero-order valence-corrected chi connectivity index (χ0v) is 10.4. The van der Waals surface area contributed by atoms with E-state index in [0.717, 1.165) is 39.1 Å². The number of aromatic nitrogens is 2. The van der Waals surface area contributed by atoms with Crippen molar-refractivity contribution >= 4 is 0 Å². The molecule has 0 aliphatic carbocycles. The van der Waals surface area contributed by atoms with Crippen LogP contribution < -0.4 is 10.1 Å². The van der Waals surface area contributed by atoms with Crippen molar-refractivity contribution in [2.45, 2.75) is 13.3 Å². The Hall–Kier alpha value is -1.20. The van der Waals surface area contributed by atoms with Gasteiger partial charge in [0, 0.05) is 45.1 Å². The van der Waals surface area contributed by atoms with Crippen molar-refractivity contribution in [1.82, 2.24) is 20.2 Å². The van der Waals surface area contributed by atoms with Gasteiger partial charge in [-0.05, 0) is 18.9 Å². The maximum atomic E-state index is 5.21. The van der Waals surface area contributed by atoms with Crippen LogP contribution >= 0.6 is 0 Å². The summed E-state index contributed by atoms with van der Waals surface area (Å²) in [6.07, 6.45) is 4.73. The second-order valence-electron chi connectivity index (χ2n) is 4.15. The van der Waals surface area contributed by atoms with E-state index in [1.807, 2.05) is 19.3 Å². The summed E-state index contributed by atoms with van der Waals surface area (Å²) in [5.74, 6) is 0. The number of hydrogen-bond acceptors (Lipinski definition) is 5. The Labute approximate surface area is 102 Å².